The van der Waals surface area contributed by atoms with Crippen LogP contribution < -0.4 is 10.2 Å². The third-order valence-corrected chi connectivity index (χ3v) is 4.45. The topological polar surface area (TPSA) is 24.5 Å². The van der Waals surface area contributed by atoms with Gasteiger partial charge in [-0.3, -0.25) is 0 Å². The molecule has 1 N–H and O–H groups in total. The molecule has 1 fully saturated rings. The maximum absolute atomic E-state index is 5.05. The van der Waals surface area contributed by atoms with Crippen molar-refractivity contribution in [2.45, 2.75) is 39.3 Å². The Kier molecular flexibility index (Phi) is 6.52. The average molecular weight is 355 g/mol. The Hall–Kier alpha value is -0.580. The highest BCUT2D eigenvalue weighted by Crippen LogP contribution is 2.34. The molecule has 0 atom stereocenters. The number of nitrogens with one attached hydrogen (secondary N) is 1. The predicted octanol–water partition coefficient (Wildman–Crippen LogP) is 3.81. The molecule has 0 bridgehead atoms. The molecule has 4 heteroatoms. The number of hydrogen-bond donors (Lipinski definition) is 1. The van der Waals surface area contributed by atoms with E-state index in [1.807, 2.05) is 0 Å². The molecule has 1 aliphatic carbocycles. The normalized spacial score (nSPS) is 14.7. The maximum atomic E-state index is 5.05. The lowest BCUT2D eigenvalue weighted by atomic mass is 10.1. The summed E-state index contributed by atoms with van der Waals surface area (Å²) in [5, 5.41) is 3.39. The molecule has 0 unspecified atom stereocenters. The molecular formula is C17H27BrN2O. The lowest BCUT2D eigenvalue weighted by Crippen LogP contribution is -2.29. The number of halogens is 1. The molecule has 21 heavy (non-hydrogen) atoms. The standard InChI is InChI=1S/C17H27BrN2O/c1-13(2)12-20(15-6-7-15)16-5-4-14(17(18)10-16)11-19-8-9-21-3/h4-5,10,13,15,19H,6-9,11-12H2,1-3H3. The van der Waals surface area contributed by atoms with E-state index in [-0.39, 0.29) is 0 Å². The van der Waals surface area contributed by atoms with E-state index in [2.05, 4.69) is 58.2 Å². The summed E-state index contributed by atoms with van der Waals surface area (Å²) in [6, 6.07) is 7.52. The molecule has 0 radical (unpaired) electrons. The number of ether oxygens (including phenoxy) is 1. The first-order valence-corrected chi connectivity index (χ1v) is 8.66. The van der Waals surface area contributed by atoms with Gasteiger partial charge in [0, 0.05) is 42.9 Å². The van der Waals surface area contributed by atoms with Gasteiger partial charge in [-0.15, -0.1) is 0 Å². The lowest BCUT2D eigenvalue weighted by Gasteiger charge is -2.27. The molecule has 0 amide bonds. The fourth-order valence-corrected chi connectivity index (χ4v) is 3.01. The maximum Gasteiger partial charge on any atom is 0.0587 e. The van der Waals surface area contributed by atoms with Crippen molar-refractivity contribution in [2.75, 3.05) is 31.7 Å². The zero-order chi connectivity index (χ0) is 15.2. The zero-order valence-corrected chi connectivity index (χ0v) is 14.9. The molecule has 0 aromatic heterocycles. The molecule has 0 spiro atoms. The molecule has 2 rings (SSSR count). The van der Waals surface area contributed by atoms with Crippen LogP contribution in [0.3, 0.4) is 0 Å². The van der Waals surface area contributed by atoms with Crippen LogP contribution in [0.15, 0.2) is 22.7 Å². The number of benzene rings is 1. The molecular weight excluding hydrogens is 328 g/mol. The summed E-state index contributed by atoms with van der Waals surface area (Å²) in [5.74, 6) is 0.694. The largest absolute Gasteiger partial charge is 0.383 e. The van der Waals surface area contributed by atoms with E-state index in [1.54, 1.807) is 7.11 Å². The van der Waals surface area contributed by atoms with Gasteiger partial charge in [0.15, 0.2) is 0 Å². The quantitative estimate of drug-likeness (QED) is 0.682. The molecule has 0 aliphatic heterocycles. The lowest BCUT2D eigenvalue weighted by molar-refractivity contribution is 0.199. The van der Waals surface area contributed by atoms with E-state index in [9.17, 15) is 0 Å². The minimum Gasteiger partial charge on any atom is -0.383 e. The Labute approximate surface area is 137 Å². The van der Waals surface area contributed by atoms with Crippen LogP contribution in [0.4, 0.5) is 5.69 Å². The van der Waals surface area contributed by atoms with Crippen molar-refractivity contribution in [2.24, 2.45) is 5.92 Å². The molecule has 0 heterocycles. The van der Waals surface area contributed by atoms with Crippen LogP contribution in [0.5, 0.6) is 0 Å². The zero-order valence-electron chi connectivity index (χ0n) is 13.4. The second kappa shape index (κ2) is 8.16. The first kappa shape index (κ1) is 16.8. The average Bonchev–Trinajstić information content (AvgIpc) is 3.26. The van der Waals surface area contributed by atoms with E-state index >= 15 is 0 Å². The van der Waals surface area contributed by atoms with Crippen LogP contribution in [-0.2, 0) is 11.3 Å². The number of hydrogen-bond acceptors (Lipinski definition) is 3. The molecule has 1 saturated carbocycles. The fraction of sp³-hybridized carbons (Fsp3) is 0.647. The summed E-state index contributed by atoms with van der Waals surface area (Å²) in [7, 11) is 1.73. The van der Waals surface area contributed by atoms with Gasteiger partial charge in [0.1, 0.15) is 0 Å². The molecule has 0 saturated heterocycles. The molecule has 1 aromatic carbocycles. The summed E-state index contributed by atoms with van der Waals surface area (Å²) in [6.07, 6.45) is 2.68. The first-order chi connectivity index (χ1) is 10.1. The van der Waals surface area contributed by atoms with Crippen molar-refractivity contribution in [3.05, 3.63) is 28.2 Å². The van der Waals surface area contributed by atoms with E-state index in [0.29, 0.717) is 5.92 Å². The van der Waals surface area contributed by atoms with Crippen molar-refractivity contribution in [1.82, 2.24) is 5.32 Å². The van der Waals surface area contributed by atoms with Gasteiger partial charge < -0.3 is 15.0 Å². The number of anilines is 1. The van der Waals surface area contributed by atoms with Crippen LogP contribution in [-0.4, -0.2) is 32.8 Å². The van der Waals surface area contributed by atoms with Crippen LogP contribution >= 0.6 is 15.9 Å². The van der Waals surface area contributed by atoms with Crippen molar-refractivity contribution in [3.63, 3.8) is 0 Å². The van der Waals surface area contributed by atoms with Gasteiger partial charge >= 0.3 is 0 Å². The Balaban J connectivity index is 1.99. The number of nitrogens with zero attached hydrogens (tertiary/aromatic N) is 1. The van der Waals surface area contributed by atoms with Crippen LogP contribution in [0.2, 0.25) is 0 Å². The second-order valence-corrected chi connectivity index (χ2v) is 7.08. The number of methoxy groups -OCH3 is 1. The van der Waals surface area contributed by atoms with Crippen LogP contribution in [0.25, 0.3) is 0 Å². The fourth-order valence-electron chi connectivity index (χ4n) is 2.50. The number of rotatable bonds is 9. The molecule has 1 aromatic rings. The first-order valence-electron chi connectivity index (χ1n) is 7.86. The van der Waals surface area contributed by atoms with Crippen molar-refractivity contribution in [3.8, 4) is 0 Å². The molecule has 3 nitrogen and oxygen atoms in total. The predicted molar refractivity (Wildman–Crippen MR) is 92.9 cm³/mol. The summed E-state index contributed by atoms with van der Waals surface area (Å²) in [4.78, 5) is 2.57. The Morgan fingerprint density at radius 2 is 2.14 bits per heavy atom. The second-order valence-electron chi connectivity index (χ2n) is 6.22. The Morgan fingerprint density at radius 1 is 1.38 bits per heavy atom. The Bertz CT molecular complexity index is 446. The smallest absolute Gasteiger partial charge is 0.0587 e. The van der Waals surface area contributed by atoms with Crippen LogP contribution in [0, 0.1) is 5.92 Å². The van der Waals surface area contributed by atoms with Crippen molar-refractivity contribution < 1.29 is 4.74 Å². The monoisotopic (exact) mass is 354 g/mol. The summed E-state index contributed by atoms with van der Waals surface area (Å²) in [6.45, 7) is 8.23. The minimum atomic E-state index is 0.694. The Morgan fingerprint density at radius 3 is 2.71 bits per heavy atom. The summed E-state index contributed by atoms with van der Waals surface area (Å²) >= 11 is 3.72. The van der Waals surface area contributed by atoms with Gasteiger partial charge in [-0.05, 0) is 36.5 Å². The van der Waals surface area contributed by atoms with Gasteiger partial charge in [0.2, 0.25) is 0 Å². The van der Waals surface area contributed by atoms with Crippen LogP contribution in [0.1, 0.15) is 32.3 Å². The third-order valence-electron chi connectivity index (χ3n) is 3.72. The van der Waals surface area contributed by atoms with Crippen molar-refractivity contribution in [1.29, 1.82) is 0 Å². The van der Waals surface area contributed by atoms with E-state index in [0.717, 1.165) is 32.3 Å². The van der Waals surface area contributed by atoms with Gasteiger partial charge in [-0.1, -0.05) is 35.8 Å². The van der Waals surface area contributed by atoms with E-state index in [1.165, 1.54) is 28.6 Å². The van der Waals surface area contributed by atoms with Gasteiger partial charge in [0.05, 0.1) is 6.61 Å². The highest BCUT2D eigenvalue weighted by Gasteiger charge is 2.29. The summed E-state index contributed by atoms with van der Waals surface area (Å²) < 4.78 is 6.24. The van der Waals surface area contributed by atoms with Gasteiger partial charge in [-0.2, -0.15) is 0 Å². The third kappa shape index (κ3) is 5.28. The molecule has 1 aliphatic rings. The highest BCUT2D eigenvalue weighted by molar-refractivity contribution is 9.10. The summed E-state index contributed by atoms with van der Waals surface area (Å²) in [5.41, 5.74) is 2.65. The minimum absolute atomic E-state index is 0.694. The molecule has 118 valence electrons. The van der Waals surface area contributed by atoms with Gasteiger partial charge in [-0.25, -0.2) is 0 Å². The van der Waals surface area contributed by atoms with E-state index in [4.69, 9.17) is 4.74 Å². The van der Waals surface area contributed by atoms with Gasteiger partial charge in [0.25, 0.3) is 0 Å². The van der Waals surface area contributed by atoms with Crippen molar-refractivity contribution >= 4 is 21.6 Å². The highest BCUT2D eigenvalue weighted by atomic mass is 79.9. The van der Waals surface area contributed by atoms with E-state index < -0.39 is 0 Å². The SMILES string of the molecule is COCCNCc1ccc(N(CC(C)C)C2CC2)cc1Br.